The Bertz CT molecular complexity index is 1310. The molecule has 0 atom stereocenters. The predicted molar refractivity (Wildman–Crippen MR) is 115 cm³/mol. The third-order valence-corrected chi connectivity index (χ3v) is 4.65. The van der Waals surface area contributed by atoms with Crippen LogP contribution in [-0.2, 0) is 0 Å². The molecule has 0 aliphatic heterocycles. The zero-order valence-corrected chi connectivity index (χ0v) is 15.8. The lowest BCUT2D eigenvalue weighted by atomic mass is 10.1. The fourth-order valence-electron chi connectivity index (χ4n) is 3.13. The largest absolute Gasteiger partial charge is 0.436 e. The average molecular weight is 392 g/mol. The number of hydrogen-bond donors (Lipinski definition) is 1. The molecule has 6 nitrogen and oxygen atoms in total. The van der Waals surface area contributed by atoms with E-state index in [1.807, 2.05) is 48.5 Å². The molecular formula is C24H16N4O2. The van der Waals surface area contributed by atoms with E-state index in [1.54, 1.807) is 42.9 Å². The molecule has 3 heterocycles. The van der Waals surface area contributed by atoms with E-state index in [4.69, 9.17) is 4.42 Å². The van der Waals surface area contributed by atoms with Gasteiger partial charge in [-0.25, -0.2) is 4.98 Å². The second-order valence-corrected chi connectivity index (χ2v) is 6.70. The van der Waals surface area contributed by atoms with E-state index in [9.17, 15) is 4.79 Å². The summed E-state index contributed by atoms with van der Waals surface area (Å²) in [7, 11) is 0. The number of benzene rings is 2. The van der Waals surface area contributed by atoms with Gasteiger partial charge in [0, 0.05) is 29.8 Å². The molecule has 0 unspecified atom stereocenters. The van der Waals surface area contributed by atoms with Gasteiger partial charge in [-0.2, -0.15) is 0 Å². The van der Waals surface area contributed by atoms with Gasteiger partial charge in [-0.3, -0.25) is 14.8 Å². The molecule has 1 N–H and O–H groups in total. The van der Waals surface area contributed by atoms with Crippen LogP contribution in [0.4, 0.5) is 5.69 Å². The van der Waals surface area contributed by atoms with E-state index < -0.39 is 0 Å². The molecule has 5 rings (SSSR count). The van der Waals surface area contributed by atoms with Crippen LogP contribution in [0.1, 0.15) is 10.4 Å². The van der Waals surface area contributed by atoms with E-state index in [0.29, 0.717) is 28.2 Å². The summed E-state index contributed by atoms with van der Waals surface area (Å²) < 4.78 is 5.78. The third-order valence-electron chi connectivity index (χ3n) is 4.65. The first-order valence-corrected chi connectivity index (χ1v) is 9.40. The highest BCUT2D eigenvalue weighted by Gasteiger charge is 2.11. The van der Waals surface area contributed by atoms with Crippen molar-refractivity contribution in [1.82, 2.24) is 15.0 Å². The first-order valence-electron chi connectivity index (χ1n) is 9.40. The van der Waals surface area contributed by atoms with Crippen molar-refractivity contribution < 1.29 is 9.21 Å². The second-order valence-electron chi connectivity index (χ2n) is 6.70. The minimum Gasteiger partial charge on any atom is -0.436 e. The monoisotopic (exact) mass is 392 g/mol. The topological polar surface area (TPSA) is 80.9 Å². The Morgan fingerprint density at radius 1 is 0.867 bits per heavy atom. The number of carbonyl (C=O) groups excluding carboxylic acids is 1. The van der Waals surface area contributed by atoms with Crippen LogP contribution >= 0.6 is 0 Å². The van der Waals surface area contributed by atoms with Crippen LogP contribution in [0.5, 0.6) is 0 Å². The lowest BCUT2D eigenvalue weighted by Gasteiger charge is -2.06. The van der Waals surface area contributed by atoms with Gasteiger partial charge in [0.05, 0.1) is 16.8 Å². The molecular weight excluding hydrogens is 376 g/mol. The van der Waals surface area contributed by atoms with E-state index in [0.717, 1.165) is 16.8 Å². The van der Waals surface area contributed by atoms with Gasteiger partial charge < -0.3 is 9.73 Å². The van der Waals surface area contributed by atoms with E-state index in [1.165, 1.54) is 0 Å². The molecule has 3 aromatic heterocycles. The number of carbonyl (C=O) groups is 1. The second kappa shape index (κ2) is 7.60. The van der Waals surface area contributed by atoms with Gasteiger partial charge in [0.2, 0.25) is 5.89 Å². The summed E-state index contributed by atoms with van der Waals surface area (Å²) in [6.45, 7) is 0. The maximum atomic E-state index is 12.6. The fourth-order valence-corrected chi connectivity index (χ4v) is 3.13. The molecule has 0 fully saturated rings. The molecule has 0 spiro atoms. The number of amides is 1. The Kier molecular flexibility index (Phi) is 4.50. The molecule has 0 aliphatic carbocycles. The highest BCUT2D eigenvalue weighted by atomic mass is 16.3. The number of rotatable bonds is 4. The molecule has 6 heteroatoms. The van der Waals surface area contributed by atoms with Crippen molar-refractivity contribution in [3.63, 3.8) is 0 Å². The molecule has 5 aromatic rings. The van der Waals surface area contributed by atoms with Crippen LogP contribution in [-0.4, -0.2) is 20.9 Å². The van der Waals surface area contributed by atoms with Crippen molar-refractivity contribution in [3.05, 3.63) is 97.0 Å². The van der Waals surface area contributed by atoms with Crippen molar-refractivity contribution in [3.8, 4) is 22.7 Å². The van der Waals surface area contributed by atoms with Crippen molar-refractivity contribution in [1.29, 1.82) is 0 Å². The maximum absolute atomic E-state index is 12.6. The first kappa shape index (κ1) is 17.8. The van der Waals surface area contributed by atoms with Crippen LogP contribution in [0.25, 0.3) is 33.8 Å². The summed E-state index contributed by atoms with van der Waals surface area (Å²) >= 11 is 0. The smallest absolute Gasteiger partial charge is 0.257 e. The number of fused-ring (bicyclic) bond motifs is 1. The van der Waals surface area contributed by atoms with Gasteiger partial charge in [0.15, 0.2) is 5.58 Å². The maximum Gasteiger partial charge on any atom is 0.257 e. The summed E-state index contributed by atoms with van der Waals surface area (Å²) in [4.78, 5) is 25.6. The molecule has 0 radical (unpaired) electrons. The number of nitrogens with zero attached hydrogens (tertiary/aromatic N) is 3. The Balaban J connectivity index is 1.35. The molecule has 0 aliphatic rings. The van der Waals surface area contributed by atoms with Gasteiger partial charge in [-0.1, -0.05) is 30.3 Å². The molecule has 0 saturated carbocycles. The van der Waals surface area contributed by atoms with Crippen LogP contribution in [0.2, 0.25) is 0 Å². The lowest BCUT2D eigenvalue weighted by molar-refractivity contribution is 0.102. The van der Waals surface area contributed by atoms with Gasteiger partial charge in [-0.15, -0.1) is 0 Å². The number of hydrogen-bond acceptors (Lipinski definition) is 5. The summed E-state index contributed by atoms with van der Waals surface area (Å²) in [6.07, 6.45) is 4.97. The van der Waals surface area contributed by atoms with Crippen LogP contribution < -0.4 is 5.32 Å². The van der Waals surface area contributed by atoms with Gasteiger partial charge in [0.25, 0.3) is 5.91 Å². The number of anilines is 1. The Hall–Kier alpha value is -4.32. The number of nitrogens with one attached hydrogen (secondary N) is 1. The standard InChI is InChI=1S/C24H16N4O2/c29-23(17-8-10-20(26-15-17)16-5-2-1-3-6-16)27-19-9-11-22-21(13-19)28-24(30-22)18-7-4-12-25-14-18/h1-15H,(H,27,29). The van der Waals surface area contributed by atoms with E-state index in [-0.39, 0.29) is 5.91 Å². The van der Waals surface area contributed by atoms with Crippen LogP contribution in [0.3, 0.4) is 0 Å². The summed E-state index contributed by atoms with van der Waals surface area (Å²) in [6, 6.07) is 22.5. The summed E-state index contributed by atoms with van der Waals surface area (Å²) in [5, 5.41) is 2.89. The fraction of sp³-hybridized carbons (Fsp3) is 0. The molecule has 0 saturated heterocycles. The zero-order chi connectivity index (χ0) is 20.3. The Labute approximate surface area is 172 Å². The van der Waals surface area contributed by atoms with Gasteiger partial charge in [0.1, 0.15) is 5.52 Å². The lowest BCUT2D eigenvalue weighted by Crippen LogP contribution is -2.12. The molecule has 30 heavy (non-hydrogen) atoms. The summed E-state index contributed by atoms with van der Waals surface area (Å²) in [5.41, 5.74) is 5.02. The van der Waals surface area contributed by atoms with E-state index >= 15 is 0 Å². The third kappa shape index (κ3) is 3.54. The zero-order valence-electron chi connectivity index (χ0n) is 15.8. The molecule has 0 bridgehead atoms. The summed E-state index contributed by atoms with van der Waals surface area (Å²) in [5.74, 6) is 0.250. The van der Waals surface area contributed by atoms with Crippen molar-refractivity contribution in [2.24, 2.45) is 0 Å². The molecule has 1 amide bonds. The normalized spacial score (nSPS) is 10.8. The molecule has 2 aromatic carbocycles. The Morgan fingerprint density at radius 3 is 2.50 bits per heavy atom. The minimum absolute atomic E-state index is 0.238. The average Bonchev–Trinajstić information content (AvgIpc) is 3.24. The Morgan fingerprint density at radius 2 is 1.73 bits per heavy atom. The number of pyridine rings is 2. The SMILES string of the molecule is O=C(Nc1ccc2oc(-c3cccnc3)nc2c1)c1ccc(-c2ccccc2)nc1. The van der Waals surface area contributed by atoms with Crippen molar-refractivity contribution >= 4 is 22.7 Å². The predicted octanol–water partition coefficient (Wildman–Crippen LogP) is 5.20. The van der Waals surface area contributed by atoms with E-state index in [2.05, 4.69) is 20.3 Å². The van der Waals surface area contributed by atoms with Crippen LogP contribution in [0.15, 0.2) is 95.8 Å². The highest BCUT2D eigenvalue weighted by molar-refractivity contribution is 6.04. The van der Waals surface area contributed by atoms with Crippen LogP contribution in [0, 0.1) is 0 Å². The van der Waals surface area contributed by atoms with Gasteiger partial charge in [-0.05, 0) is 42.5 Å². The minimum atomic E-state index is -0.238. The number of oxazole rings is 1. The highest BCUT2D eigenvalue weighted by Crippen LogP contribution is 2.26. The van der Waals surface area contributed by atoms with Gasteiger partial charge >= 0.3 is 0 Å². The van der Waals surface area contributed by atoms with Crippen molar-refractivity contribution in [2.75, 3.05) is 5.32 Å². The molecule has 144 valence electrons. The number of aromatic nitrogens is 3. The quantitative estimate of drug-likeness (QED) is 0.454. The first-order chi connectivity index (χ1) is 14.8. The van der Waals surface area contributed by atoms with Crippen molar-refractivity contribution in [2.45, 2.75) is 0 Å².